The molecule has 0 atom stereocenters. The minimum atomic E-state index is -5.08. The molecule has 2 aliphatic heterocycles. The fraction of sp³-hybridized carbons (Fsp3) is 0.900. The van der Waals surface area contributed by atoms with Crippen molar-refractivity contribution in [2.45, 2.75) is 69.5 Å². The Balaban J connectivity index is 0.000000370. The van der Waals surface area contributed by atoms with Crippen molar-refractivity contribution in [2.75, 3.05) is 39.9 Å². The van der Waals surface area contributed by atoms with Crippen LogP contribution in [0.4, 0.5) is 13.2 Å². The van der Waals surface area contributed by atoms with Gasteiger partial charge in [0.2, 0.25) is 5.91 Å². The predicted molar refractivity (Wildman–Crippen MR) is 101 cm³/mol. The van der Waals surface area contributed by atoms with E-state index >= 15 is 0 Å². The van der Waals surface area contributed by atoms with Crippen molar-refractivity contribution >= 4 is 11.9 Å². The van der Waals surface area contributed by atoms with Crippen LogP contribution in [-0.2, 0) is 14.3 Å². The molecule has 9 heteroatoms. The van der Waals surface area contributed by atoms with E-state index in [4.69, 9.17) is 14.6 Å². The van der Waals surface area contributed by atoms with E-state index in [2.05, 4.69) is 9.80 Å². The number of amides is 1. The Hall–Kier alpha value is -1.35. The Morgan fingerprint density at radius 3 is 2.14 bits per heavy atom. The van der Waals surface area contributed by atoms with Crippen molar-refractivity contribution in [1.82, 2.24) is 9.80 Å². The van der Waals surface area contributed by atoms with Gasteiger partial charge in [0.25, 0.3) is 0 Å². The molecule has 2 heterocycles. The fourth-order valence-electron chi connectivity index (χ4n) is 4.86. The Morgan fingerprint density at radius 1 is 1.03 bits per heavy atom. The maximum absolute atomic E-state index is 12.7. The van der Waals surface area contributed by atoms with Gasteiger partial charge in [-0.25, -0.2) is 4.79 Å². The number of aliphatic carboxylic acids is 1. The van der Waals surface area contributed by atoms with Gasteiger partial charge in [-0.3, -0.25) is 9.69 Å². The summed E-state index contributed by atoms with van der Waals surface area (Å²) in [5, 5.41) is 7.12. The van der Waals surface area contributed by atoms with E-state index < -0.39 is 12.1 Å². The van der Waals surface area contributed by atoms with Gasteiger partial charge in [-0.1, -0.05) is 19.3 Å². The molecule has 29 heavy (non-hydrogen) atoms. The van der Waals surface area contributed by atoms with Gasteiger partial charge in [0, 0.05) is 38.2 Å². The van der Waals surface area contributed by atoms with Crippen LogP contribution < -0.4 is 0 Å². The summed E-state index contributed by atoms with van der Waals surface area (Å²) in [6.45, 7) is 5.02. The predicted octanol–water partition coefficient (Wildman–Crippen LogP) is 3.30. The van der Waals surface area contributed by atoms with Crippen molar-refractivity contribution < 1.29 is 32.6 Å². The van der Waals surface area contributed by atoms with Crippen molar-refractivity contribution in [1.29, 1.82) is 0 Å². The smallest absolute Gasteiger partial charge is 0.475 e. The zero-order valence-corrected chi connectivity index (χ0v) is 17.2. The van der Waals surface area contributed by atoms with Gasteiger partial charge in [0.05, 0.1) is 6.61 Å². The SMILES string of the molecule is COCCN1CCCC12CCN(C(=O)C1CCCCC1)CC2.O=C(O)C(F)(F)F. The summed E-state index contributed by atoms with van der Waals surface area (Å²) in [6, 6.07) is 0. The highest BCUT2D eigenvalue weighted by molar-refractivity contribution is 5.79. The van der Waals surface area contributed by atoms with Crippen molar-refractivity contribution in [3.63, 3.8) is 0 Å². The molecular weight excluding hydrogens is 389 g/mol. The molecule has 0 aromatic carbocycles. The number of halogens is 3. The van der Waals surface area contributed by atoms with E-state index in [1.54, 1.807) is 7.11 Å². The summed E-state index contributed by atoms with van der Waals surface area (Å²) in [5.74, 6) is -1.97. The summed E-state index contributed by atoms with van der Waals surface area (Å²) in [6.07, 6.45) is 5.92. The molecule has 3 aliphatic rings. The second-order valence-corrected chi connectivity index (χ2v) is 8.27. The molecule has 0 bridgehead atoms. The van der Waals surface area contributed by atoms with E-state index in [9.17, 15) is 18.0 Å². The Bertz CT molecular complexity index is 542. The van der Waals surface area contributed by atoms with Crippen molar-refractivity contribution in [2.24, 2.45) is 5.92 Å². The molecule has 1 N–H and O–H groups in total. The Labute approximate surface area is 170 Å². The van der Waals surface area contributed by atoms with Gasteiger partial charge in [0.15, 0.2) is 0 Å². The van der Waals surface area contributed by atoms with Gasteiger partial charge in [0.1, 0.15) is 0 Å². The first kappa shape index (κ1) is 23.9. The van der Waals surface area contributed by atoms with E-state index in [0.29, 0.717) is 17.4 Å². The molecule has 3 fully saturated rings. The number of likely N-dealkylation sites (tertiary alicyclic amines) is 2. The van der Waals surface area contributed by atoms with Crippen LogP contribution in [0.3, 0.4) is 0 Å². The largest absolute Gasteiger partial charge is 0.490 e. The number of piperidine rings is 1. The summed E-state index contributed by atoms with van der Waals surface area (Å²) in [4.78, 5) is 26.4. The second-order valence-electron chi connectivity index (χ2n) is 8.27. The van der Waals surface area contributed by atoms with Crippen molar-refractivity contribution in [3.05, 3.63) is 0 Å². The van der Waals surface area contributed by atoms with Gasteiger partial charge in [-0.2, -0.15) is 13.2 Å². The minimum absolute atomic E-state index is 0.330. The molecule has 1 aliphatic carbocycles. The van der Waals surface area contributed by atoms with Crippen LogP contribution in [0.25, 0.3) is 0 Å². The summed E-state index contributed by atoms with van der Waals surface area (Å²) in [7, 11) is 1.79. The number of carbonyl (C=O) groups is 2. The quantitative estimate of drug-likeness (QED) is 0.753. The van der Waals surface area contributed by atoms with Gasteiger partial charge < -0.3 is 14.7 Å². The van der Waals surface area contributed by atoms with Crippen LogP contribution in [0, 0.1) is 5.92 Å². The number of hydrogen-bond acceptors (Lipinski definition) is 4. The van der Waals surface area contributed by atoms with Gasteiger partial charge in [-0.05, 0) is 45.1 Å². The second kappa shape index (κ2) is 10.6. The normalized spacial score (nSPS) is 23.0. The lowest BCUT2D eigenvalue weighted by molar-refractivity contribution is -0.192. The van der Waals surface area contributed by atoms with Crippen LogP contribution in [0.1, 0.15) is 57.8 Å². The van der Waals surface area contributed by atoms with E-state index in [-0.39, 0.29) is 0 Å². The third-order valence-corrected chi connectivity index (χ3v) is 6.51. The summed E-state index contributed by atoms with van der Waals surface area (Å²) in [5.41, 5.74) is 0.363. The number of nitrogens with zero attached hydrogens (tertiary/aromatic N) is 2. The number of carboxylic acids is 1. The van der Waals surface area contributed by atoms with Crippen LogP contribution >= 0.6 is 0 Å². The van der Waals surface area contributed by atoms with Crippen LogP contribution in [0.2, 0.25) is 0 Å². The zero-order chi connectivity index (χ0) is 21.5. The Kier molecular flexibility index (Phi) is 8.75. The lowest BCUT2D eigenvalue weighted by Gasteiger charge is -2.46. The third kappa shape index (κ3) is 6.57. The number of carbonyl (C=O) groups excluding carboxylic acids is 1. The first-order valence-electron chi connectivity index (χ1n) is 10.5. The lowest BCUT2D eigenvalue weighted by atomic mass is 9.83. The van der Waals surface area contributed by atoms with E-state index in [1.165, 1.54) is 38.6 Å². The standard InChI is InChI=1S/C18H32N2O2.C2HF3O2/c1-22-15-14-20-11-5-8-18(20)9-12-19(13-10-18)17(21)16-6-3-2-4-7-16;3-2(4,5)1(6)7/h16H,2-15H2,1H3;(H,6,7). The van der Waals surface area contributed by atoms with Crippen LogP contribution in [0.5, 0.6) is 0 Å². The molecule has 1 saturated carbocycles. The molecule has 1 spiro atoms. The monoisotopic (exact) mass is 422 g/mol. The number of alkyl halides is 3. The van der Waals surface area contributed by atoms with Crippen molar-refractivity contribution in [3.8, 4) is 0 Å². The summed E-state index contributed by atoms with van der Waals surface area (Å²) >= 11 is 0. The zero-order valence-electron chi connectivity index (χ0n) is 17.2. The molecule has 0 aromatic heterocycles. The first-order chi connectivity index (χ1) is 13.7. The average molecular weight is 422 g/mol. The molecule has 0 radical (unpaired) electrons. The summed E-state index contributed by atoms with van der Waals surface area (Å²) < 4.78 is 37.0. The first-order valence-corrected chi connectivity index (χ1v) is 10.5. The highest BCUT2D eigenvalue weighted by atomic mass is 19.4. The molecule has 3 rings (SSSR count). The maximum Gasteiger partial charge on any atom is 0.490 e. The van der Waals surface area contributed by atoms with E-state index in [1.807, 2.05) is 0 Å². The van der Waals surface area contributed by atoms with Gasteiger partial charge in [-0.15, -0.1) is 0 Å². The number of ether oxygens (including phenoxy) is 1. The van der Waals surface area contributed by atoms with E-state index in [0.717, 1.165) is 51.9 Å². The molecule has 1 amide bonds. The number of rotatable bonds is 4. The third-order valence-electron chi connectivity index (χ3n) is 6.51. The van der Waals surface area contributed by atoms with Gasteiger partial charge >= 0.3 is 12.1 Å². The minimum Gasteiger partial charge on any atom is -0.475 e. The molecule has 168 valence electrons. The highest BCUT2D eigenvalue weighted by Gasteiger charge is 2.44. The van der Waals surface area contributed by atoms with Crippen LogP contribution in [0.15, 0.2) is 0 Å². The van der Waals surface area contributed by atoms with Crippen LogP contribution in [-0.4, -0.2) is 78.4 Å². The topological polar surface area (TPSA) is 70.1 Å². The fourth-order valence-corrected chi connectivity index (χ4v) is 4.86. The molecule has 2 saturated heterocycles. The molecule has 6 nitrogen and oxygen atoms in total. The Morgan fingerprint density at radius 2 is 1.62 bits per heavy atom. The molecule has 0 aromatic rings. The number of hydrogen-bond donors (Lipinski definition) is 1. The molecular formula is C20H33F3N2O4. The highest BCUT2D eigenvalue weighted by Crippen LogP contribution is 2.39. The number of carboxylic acid groups (broad SMARTS) is 1. The lowest BCUT2D eigenvalue weighted by Crippen LogP contribution is -2.54. The number of methoxy groups -OCH3 is 1. The molecule has 0 unspecified atom stereocenters. The maximum atomic E-state index is 12.7. The average Bonchev–Trinajstić information content (AvgIpc) is 3.08.